The fraction of sp³-hybridized carbons (Fsp3) is 0.188. The van der Waals surface area contributed by atoms with E-state index in [2.05, 4.69) is 0 Å². The minimum atomic E-state index is -4.19. The summed E-state index contributed by atoms with van der Waals surface area (Å²) in [4.78, 5) is 13.0. The van der Waals surface area contributed by atoms with Gasteiger partial charge >= 0.3 is 10.1 Å². The van der Waals surface area contributed by atoms with E-state index in [0.717, 1.165) is 12.1 Å². The van der Waals surface area contributed by atoms with E-state index in [4.69, 9.17) is 4.18 Å². The average Bonchev–Trinajstić information content (AvgIpc) is 2.94. The molecule has 1 aliphatic rings. The number of nitrogens with zero attached hydrogens (tertiary/aromatic N) is 1. The molecule has 0 saturated carbocycles. The van der Waals surface area contributed by atoms with Gasteiger partial charge in [-0.2, -0.15) is 8.42 Å². The minimum absolute atomic E-state index is 0.114. The minimum Gasteiger partial charge on any atom is -0.379 e. The molecule has 0 aromatic heterocycles. The number of rotatable bonds is 3. The van der Waals surface area contributed by atoms with E-state index < -0.39 is 21.8 Å². The summed E-state index contributed by atoms with van der Waals surface area (Å²) in [6, 6.07) is 6.75. The number of benzene rings is 2. The topological polar surface area (TPSA) is 63.7 Å². The van der Waals surface area contributed by atoms with Crippen LogP contribution in [0.4, 0.5) is 14.5 Å². The zero-order chi connectivity index (χ0) is 17.5. The molecule has 0 unspecified atom stereocenters. The highest BCUT2D eigenvalue weighted by atomic mass is 32.2. The Kier molecular flexibility index (Phi) is 4.00. The smallest absolute Gasteiger partial charge is 0.339 e. The van der Waals surface area contributed by atoms with E-state index in [-0.39, 0.29) is 16.6 Å². The highest BCUT2D eigenvalue weighted by Gasteiger charge is 2.25. The summed E-state index contributed by atoms with van der Waals surface area (Å²) in [6.07, 6.45) is 0.531. The molecule has 126 valence electrons. The fourth-order valence-corrected chi connectivity index (χ4v) is 3.54. The molecule has 0 atom stereocenters. The summed E-state index contributed by atoms with van der Waals surface area (Å²) < 4.78 is 55.5. The van der Waals surface area contributed by atoms with Crippen LogP contribution in [0, 0.1) is 11.6 Å². The second kappa shape index (κ2) is 5.86. The highest BCUT2D eigenvalue weighted by Crippen LogP contribution is 2.31. The van der Waals surface area contributed by atoms with Crippen molar-refractivity contribution in [2.75, 3.05) is 11.4 Å². The number of hydrogen-bond donors (Lipinski definition) is 0. The van der Waals surface area contributed by atoms with Crippen LogP contribution in [0.15, 0.2) is 41.3 Å². The standard InChI is InChI=1S/C16H13F2NO4S/c1-10(20)19-7-6-11-8-13(3-5-16(11)19)24(21,22)23-12-2-4-14(17)15(18)9-12/h2-5,8-9H,6-7H2,1H3. The van der Waals surface area contributed by atoms with Crippen molar-refractivity contribution in [3.8, 4) is 5.75 Å². The molecule has 24 heavy (non-hydrogen) atoms. The van der Waals surface area contributed by atoms with Gasteiger partial charge in [0.05, 0.1) is 0 Å². The molecular formula is C16H13F2NO4S. The van der Waals surface area contributed by atoms with Crippen molar-refractivity contribution in [3.05, 3.63) is 53.6 Å². The molecular weight excluding hydrogens is 340 g/mol. The van der Waals surface area contributed by atoms with Crippen LogP contribution < -0.4 is 9.08 Å². The van der Waals surface area contributed by atoms with Gasteiger partial charge in [0.25, 0.3) is 0 Å². The Labute approximate surface area is 137 Å². The number of fused-ring (bicyclic) bond motifs is 1. The highest BCUT2D eigenvalue weighted by molar-refractivity contribution is 7.87. The summed E-state index contributed by atoms with van der Waals surface area (Å²) in [5.74, 6) is -2.74. The van der Waals surface area contributed by atoms with Crippen molar-refractivity contribution < 1.29 is 26.2 Å². The predicted octanol–water partition coefficient (Wildman–Crippen LogP) is 2.64. The third kappa shape index (κ3) is 2.96. The second-order valence-corrected chi connectivity index (χ2v) is 6.87. The first-order valence-corrected chi connectivity index (χ1v) is 8.49. The fourth-order valence-electron chi connectivity index (χ4n) is 2.56. The number of amides is 1. The van der Waals surface area contributed by atoms with Crippen molar-refractivity contribution in [3.63, 3.8) is 0 Å². The van der Waals surface area contributed by atoms with Crippen LogP contribution in [0.5, 0.6) is 5.75 Å². The van der Waals surface area contributed by atoms with Gasteiger partial charge in [-0.1, -0.05) is 0 Å². The van der Waals surface area contributed by atoms with Gasteiger partial charge in [0.15, 0.2) is 11.6 Å². The lowest BCUT2D eigenvalue weighted by Crippen LogP contribution is -2.25. The molecule has 2 aromatic rings. The molecule has 0 radical (unpaired) electrons. The lowest BCUT2D eigenvalue weighted by Gasteiger charge is -2.15. The van der Waals surface area contributed by atoms with Crippen molar-refractivity contribution >= 4 is 21.7 Å². The Balaban J connectivity index is 1.91. The quantitative estimate of drug-likeness (QED) is 0.796. The maximum atomic E-state index is 13.2. The summed E-state index contributed by atoms with van der Waals surface area (Å²) >= 11 is 0. The molecule has 1 heterocycles. The molecule has 5 nitrogen and oxygen atoms in total. The van der Waals surface area contributed by atoms with Crippen LogP contribution in [0.2, 0.25) is 0 Å². The second-order valence-electron chi connectivity index (χ2n) is 5.32. The van der Waals surface area contributed by atoms with E-state index in [1.165, 1.54) is 25.1 Å². The number of carbonyl (C=O) groups is 1. The first-order chi connectivity index (χ1) is 11.3. The van der Waals surface area contributed by atoms with Crippen molar-refractivity contribution in [2.45, 2.75) is 18.2 Å². The first-order valence-electron chi connectivity index (χ1n) is 7.08. The lowest BCUT2D eigenvalue weighted by molar-refractivity contribution is -0.116. The Hall–Kier alpha value is -2.48. The van der Waals surface area contributed by atoms with E-state index in [1.807, 2.05) is 0 Å². The zero-order valence-electron chi connectivity index (χ0n) is 12.6. The Morgan fingerprint density at radius 1 is 1.12 bits per heavy atom. The van der Waals surface area contributed by atoms with Crippen LogP contribution in [0.25, 0.3) is 0 Å². The van der Waals surface area contributed by atoms with E-state index in [1.54, 1.807) is 4.90 Å². The van der Waals surface area contributed by atoms with Crippen LogP contribution >= 0.6 is 0 Å². The zero-order valence-corrected chi connectivity index (χ0v) is 13.4. The third-order valence-corrected chi connectivity index (χ3v) is 4.96. The average molecular weight is 353 g/mol. The summed E-state index contributed by atoms with van der Waals surface area (Å²) in [5, 5.41) is 0. The molecule has 0 aliphatic carbocycles. The molecule has 1 amide bonds. The van der Waals surface area contributed by atoms with E-state index >= 15 is 0 Å². The van der Waals surface area contributed by atoms with Gasteiger partial charge in [0.2, 0.25) is 5.91 Å². The largest absolute Gasteiger partial charge is 0.379 e. The van der Waals surface area contributed by atoms with Gasteiger partial charge in [0, 0.05) is 25.2 Å². The van der Waals surface area contributed by atoms with Gasteiger partial charge in [0.1, 0.15) is 10.6 Å². The molecule has 8 heteroatoms. The number of hydrogen-bond acceptors (Lipinski definition) is 4. The SMILES string of the molecule is CC(=O)N1CCc2cc(S(=O)(=O)Oc3ccc(F)c(F)c3)ccc21. The maximum Gasteiger partial charge on any atom is 0.339 e. The first kappa shape index (κ1) is 16.4. The predicted molar refractivity (Wildman–Crippen MR) is 82.3 cm³/mol. The number of carbonyl (C=O) groups excluding carboxylic acids is 1. The molecule has 0 fully saturated rings. The van der Waals surface area contributed by atoms with Gasteiger partial charge < -0.3 is 9.08 Å². The van der Waals surface area contributed by atoms with Gasteiger partial charge in [-0.05, 0) is 42.3 Å². The van der Waals surface area contributed by atoms with Crippen molar-refractivity contribution in [2.24, 2.45) is 0 Å². The van der Waals surface area contributed by atoms with Crippen molar-refractivity contribution in [1.29, 1.82) is 0 Å². The van der Waals surface area contributed by atoms with E-state index in [0.29, 0.717) is 30.3 Å². The van der Waals surface area contributed by atoms with E-state index in [9.17, 15) is 22.0 Å². The van der Waals surface area contributed by atoms with Crippen LogP contribution in [-0.4, -0.2) is 20.9 Å². The maximum absolute atomic E-state index is 13.2. The lowest BCUT2D eigenvalue weighted by atomic mass is 10.2. The molecule has 3 rings (SSSR count). The normalized spacial score (nSPS) is 13.7. The molecule has 0 spiro atoms. The van der Waals surface area contributed by atoms with Crippen LogP contribution in [0.1, 0.15) is 12.5 Å². The van der Waals surface area contributed by atoms with Crippen LogP contribution in [-0.2, 0) is 21.3 Å². The summed E-state index contributed by atoms with van der Waals surface area (Å²) in [7, 11) is -4.19. The van der Waals surface area contributed by atoms with Gasteiger partial charge in [-0.3, -0.25) is 4.79 Å². The number of anilines is 1. The van der Waals surface area contributed by atoms with Crippen molar-refractivity contribution in [1.82, 2.24) is 0 Å². The number of halogens is 2. The third-order valence-electron chi connectivity index (χ3n) is 3.71. The van der Waals surface area contributed by atoms with Crippen LogP contribution in [0.3, 0.4) is 0 Å². The summed E-state index contributed by atoms with van der Waals surface area (Å²) in [6.45, 7) is 1.92. The van der Waals surface area contributed by atoms with Gasteiger partial charge in [-0.25, -0.2) is 8.78 Å². The van der Waals surface area contributed by atoms with Gasteiger partial charge in [-0.15, -0.1) is 0 Å². The molecule has 2 aromatic carbocycles. The molecule has 0 bridgehead atoms. The molecule has 0 saturated heterocycles. The molecule has 0 N–H and O–H groups in total. The monoisotopic (exact) mass is 353 g/mol. The Morgan fingerprint density at radius 2 is 1.88 bits per heavy atom. The Bertz CT molecular complexity index is 928. The molecule has 1 aliphatic heterocycles. The summed E-state index contributed by atoms with van der Waals surface area (Å²) in [5.41, 5.74) is 1.37. The Morgan fingerprint density at radius 3 is 2.54 bits per heavy atom.